The zero-order valence-electron chi connectivity index (χ0n) is 12.4. The molecule has 0 fully saturated rings. The highest BCUT2D eigenvalue weighted by Crippen LogP contribution is 2.12. The van der Waals surface area contributed by atoms with Crippen LogP contribution in [-0.4, -0.2) is 12.7 Å². The van der Waals surface area contributed by atoms with E-state index in [1.807, 2.05) is 0 Å². The van der Waals surface area contributed by atoms with Gasteiger partial charge in [-0.15, -0.1) is 0 Å². The standard InChI is InChI=1S/C16H32O/c1-5-6-7-8-9-10-11-12-13-14-15-16(2,3)17-4/h14-15H,5-13H2,1-4H3. The van der Waals surface area contributed by atoms with Crippen molar-refractivity contribution in [3.05, 3.63) is 12.2 Å². The average Bonchev–Trinajstić information content (AvgIpc) is 2.31. The van der Waals surface area contributed by atoms with Crippen LogP contribution < -0.4 is 0 Å². The zero-order chi connectivity index (χ0) is 13.0. The van der Waals surface area contributed by atoms with Gasteiger partial charge in [-0.05, 0) is 26.7 Å². The highest BCUT2D eigenvalue weighted by Gasteiger charge is 2.09. The van der Waals surface area contributed by atoms with E-state index in [4.69, 9.17) is 4.74 Å². The molecule has 0 rings (SSSR count). The van der Waals surface area contributed by atoms with Crippen molar-refractivity contribution >= 4 is 0 Å². The fraction of sp³-hybridized carbons (Fsp3) is 0.875. The Labute approximate surface area is 109 Å². The number of hydrogen-bond donors (Lipinski definition) is 0. The lowest BCUT2D eigenvalue weighted by Crippen LogP contribution is -2.18. The van der Waals surface area contributed by atoms with Crippen LogP contribution in [0.5, 0.6) is 0 Å². The molecular formula is C16H32O. The topological polar surface area (TPSA) is 9.23 Å². The van der Waals surface area contributed by atoms with Crippen LogP contribution in [0.15, 0.2) is 12.2 Å². The molecule has 0 bridgehead atoms. The van der Waals surface area contributed by atoms with Crippen molar-refractivity contribution in [2.24, 2.45) is 0 Å². The Kier molecular flexibility index (Phi) is 10.6. The zero-order valence-corrected chi connectivity index (χ0v) is 12.4. The molecule has 0 aliphatic rings. The normalized spacial score (nSPS) is 12.5. The van der Waals surface area contributed by atoms with Crippen molar-refractivity contribution in [2.45, 2.75) is 84.2 Å². The lowest BCUT2D eigenvalue weighted by atomic mass is 10.1. The summed E-state index contributed by atoms with van der Waals surface area (Å²) in [4.78, 5) is 0. The molecule has 0 aliphatic heterocycles. The maximum absolute atomic E-state index is 5.33. The minimum atomic E-state index is -0.0971. The third-order valence-corrected chi connectivity index (χ3v) is 3.27. The second-order valence-electron chi connectivity index (χ2n) is 5.47. The predicted octanol–water partition coefficient (Wildman–Crippen LogP) is 5.50. The van der Waals surface area contributed by atoms with Gasteiger partial charge >= 0.3 is 0 Å². The van der Waals surface area contributed by atoms with Gasteiger partial charge in [0.2, 0.25) is 0 Å². The van der Waals surface area contributed by atoms with Gasteiger partial charge in [-0.2, -0.15) is 0 Å². The lowest BCUT2D eigenvalue weighted by molar-refractivity contribution is 0.0653. The number of methoxy groups -OCH3 is 1. The lowest BCUT2D eigenvalue weighted by Gasteiger charge is -2.17. The first-order chi connectivity index (χ1) is 8.12. The van der Waals surface area contributed by atoms with E-state index in [1.54, 1.807) is 7.11 Å². The molecule has 0 amide bonds. The van der Waals surface area contributed by atoms with Crippen molar-refractivity contribution < 1.29 is 4.74 Å². The van der Waals surface area contributed by atoms with E-state index in [0.29, 0.717) is 0 Å². The number of allylic oxidation sites excluding steroid dienone is 1. The van der Waals surface area contributed by atoms with Gasteiger partial charge in [0.05, 0.1) is 5.60 Å². The third-order valence-electron chi connectivity index (χ3n) is 3.27. The average molecular weight is 240 g/mol. The molecule has 0 aromatic carbocycles. The Balaban J connectivity index is 3.24. The first-order valence-corrected chi connectivity index (χ1v) is 7.35. The Bertz CT molecular complexity index is 182. The van der Waals surface area contributed by atoms with Gasteiger partial charge in [0.1, 0.15) is 0 Å². The molecule has 0 aromatic heterocycles. The molecular weight excluding hydrogens is 208 g/mol. The molecule has 1 heteroatoms. The van der Waals surface area contributed by atoms with Crippen LogP contribution in [-0.2, 0) is 4.74 Å². The summed E-state index contributed by atoms with van der Waals surface area (Å²) in [5.74, 6) is 0. The highest BCUT2D eigenvalue weighted by molar-refractivity contribution is 4.96. The van der Waals surface area contributed by atoms with Gasteiger partial charge < -0.3 is 4.74 Å². The first-order valence-electron chi connectivity index (χ1n) is 7.35. The second-order valence-corrected chi connectivity index (χ2v) is 5.47. The molecule has 0 aromatic rings. The quantitative estimate of drug-likeness (QED) is 0.342. The molecule has 0 saturated carbocycles. The molecule has 17 heavy (non-hydrogen) atoms. The van der Waals surface area contributed by atoms with Crippen LogP contribution in [0.4, 0.5) is 0 Å². The number of hydrogen-bond acceptors (Lipinski definition) is 1. The van der Waals surface area contributed by atoms with Crippen molar-refractivity contribution in [3.8, 4) is 0 Å². The summed E-state index contributed by atoms with van der Waals surface area (Å²) in [7, 11) is 1.76. The Morgan fingerprint density at radius 1 is 0.882 bits per heavy atom. The van der Waals surface area contributed by atoms with Crippen LogP contribution in [0.2, 0.25) is 0 Å². The molecule has 102 valence electrons. The summed E-state index contributed by atoms with van der Waals surface area (Å²) >= 11 is 0. The first kappa shape index (κ1) is 16.7. The molecule has 0 heterocycles. The summed E-state index contributed by atoms with van der Waals surface area (Å²) in [6, 6.07) is 0. The van der Waals surface area contributed by atoms with Crippen molar-refractivity contribution in [3.63, 3.8) is 0 Å². The summed E-state index contributed by atoms with van der Waals surface area (Å²) < 4.78 is 5.33. The summed E-state index contributed by atoms with van der Waals surface area (Å²) in [6.07, 6.45) is 16.8. The molecule has 0 saturated heterocycles. The van der Waals surface area contributed by atoms with E-state index in [9.17, 15) is 0 Å². The second kappa shape index (κ2) is 10.8. The monoisotopic (exact) mass is 240 g/mol. The molecule has 0 aliphatic carbocycles. The summed E-state index contributed by atoms with van der Waals surface area (Å²) in [6.45, 7) is 6.46. The number of unbranched alkanes of at least 4 members (excludes halogenated alkanes) is 8. The van der Waals surface area contributed by atoms with Crippen molar-refractivity contribution in [1.29, 1.82) is 0 Å². The molecule has 1 nitrogen and oxygen atoms in total. The SMILES string of the molecule is CCCCCCCCCCC=CC(C)(C)OC. The fourth-order valence-electron chi connectivity index (χ4n) is 1.83. The molecule has 0 spiro atoms. The van der Waals surface area contributed by atoms with Crippen LogP contribution in [0.3, 0.4) is 0 Å². The third kappa shape index (κ3) is 12.0. The van der Waals surface area contributed by atoms with Gasteiger partial charge in [-0.1, -0.05) is 64.0 Å². The van der Waals surface area contributed by atoms with Crippen molar-refractivity contribution in [1.82, 2.24) is 0 Å². The van der Waals surface area contributed by atoms with E-state index in [0.717, 1.165) is 0 Å². The van der Waals surface area contributed by atoms with Gasteiger partial charge in [0, 0.05) is 7.11 Å². The molecule has 0 N–H and O–H groups in total. The van der Waals surface area contributed by atoms with E-state index in [1.165, 1.54) is 57.8 Å². The predicted molar refractivity (Wildman–Crippen MR) is 77.5 cm³/mol. The van der Waals surface area contributed by atoms with Gasteiger partial charge in [-0.3, -0.25) is 0 Å². The minimum Gasteiger partial charge on any atom is -0.375 e. The van der Waals surface area contributed by atoms with Gasteiger partial charge in [0.15, 0.2) is 0 Å². The van der Waals surface area contributed by atoms with E-state index in [-0.39, 0.29) is 5.60 Å². The Morgan fingerprint density at radius 2 is 1.41 bits per heavy atom. The van der Waals surface area contributed by atoms with Crippen LogP contribution >= 0.6 is 0 Å². The van der Waals surface area contributed by atoms with E-state index < -0.39 is 0 Å². The van der Waals surface area contributed by atoms with Crippen molar-refractivity contribution in [2.75, 3.05) is 7.11 Å². The van der Waals surface area contributed by atoms with Crippen LogP contribution in [0.1, 0.15) is 78.6 Å². The Hall–Kier alpha value is -0.300. The molecule has 0 atom stereocenters. The van der Waals surface area contributed by atoms with E-state index >= 15 is 0 Å². The maximum atomic E-state index is 5.33. The largest absolute Gasteiger partial charge is 0.375 e. The van der Waals surface area contributed by atoms with Gasteiger partial charge in [-0.25, -0.2) is 0 Å². The summed E-state index contributed by atoms with van der Waals surface area (Å²) in [5.41, 5.74) is -0.0971. The highest BCUT2D eigenvalue weighted by atomic mass is 16.5. The number of rotatable bonds is 11. The molecule has 0 unspecified atom stereocenters. The fourth-order valence-corrected chi connectivity index (χ4v) is 1.83. The Morgan fingerprint density at radius 3 is 1.94 bits per heavy atom. The maximum Gasteiger partial charge on any atom is 0.0802 e. The van der Waals surface area contributed by atoms with Crippen LogP contribution in [0.25, 0.3) is 0 Å². The number of ether oxygens (including phenoxy) is 1. The smallest absolute Gasteiger partial charge is 0.0802 e. The van der Waals surface area contributed by atoms with Gasteiger partial charge in [0.25, 0.3) is 0 Å². The van der Waals surface area contributed by atoms with Crippen LogP contribution in [0, 0.1) is 0 Å². The van der Waals surface area contributed by atoms with E-state index in [2.05, 4.69) is 32.9 Å². The summed E-state index contributed by atoms with van der Waals surface area (Å²) in [5, 5.41) is 0. The minimum absolute atomic E-state index is 0.0971. The molecule has 0 radical (unpaired) electrons.